The molecule has 8 aliphatic rings. The van der Waals surface area contributed by atoms with E-state index in [0.717, 1.165) is 54.1 Å². The van der Waals surface area contributed by atoms with Gasteiger partial charge in [-0.1, -0.05) is 64.5 Å². The number of nitrogens with zero attached hydrogens (tertiary/aromatic N) is 11. The van der Waals surface area contributed by atoms with Gasteiger partial charge in [-0.05, 0) is 101 Å². The third-order valence-corrected chi connectivity index (χ3v) is 23.5. The second kappa shape index (κ2) is 58.6. The molecule has 0 saturated carbocycles. The first kappa shape index (κ1) is 121. The van der Waals surface area contributed by atoms with Crippen molar-refractivity contribution in [1.29, 1.82) is 0 Å². The average Bonchev–Trinajstić information content (AvgIpc) is 1.63. The number of carbonyl (C=O) groups is 12. The van der Waals surface area contributed by atoms with E-state index < -0.39 is 68.0 Å². The number of nitrogens with two attached hydrogens (primary N) is 4. The van der Waals surface area contributed by atoms with E-state index in [4.69, 9.17) is 32.9 Å². The van der Waals surface area contributed by atoms with Crippen LogP contribution in [0.3, 0.4) is 0 Å². The summed E-state index contributed by atoms with van der Waals surface area (Å²) in [5.41, 5.74) is 31.5. The van der Waals surface area contributed by atoms with Gasteiger partial charge < -0.3 is 112 Å². The summed E-state index contributed by atoms with van der Waals surface area (Å²) in [6, 6.07) is 38.3. The van der Waals surface area contributed by atoms with Crippen LogP contribution in [0.2, 0.25) is 0 Å². The Bertz CT molecular complexity index is 6500. The number of alkyl halides is 2. The fourth-order valence-corrected chi connectivity index (χ4v) is 16.1. The van der Waals surface area contributed by atoms with E-state index in [9.17, 15) is 108 Å². The molecule has 2 aromatic heterocycles. The van der Waals surface area contributed by atoms with Crippen molar-refractivity contribution >= 4 is 173 Å². The van der Waals surface area contributed by atoms with E-state index in [1.165, 1.54) is 126 Å². The number of carbonyl (C=O) groups excluding carboxylic acids is 11. The number of imidazole rings is 1. The van der Waals surface area contributed by atoms with E-state index in [2.05, 4.69) is 111 Å². The molecule has 18 rings (SSSR count). The molecule has 9 amide bonds. The first-order valence-corrected chi connectivity index (χ1v) is 46.0. The maximum absolute atomic E-state index is 13.2. The minimum Gasteiger partial charge on any atom is -0.478 e. The predicted molar refractivity (Wildman–Crippen MR) is 543 cm³/mol. The first-order chi connectivity index (χ1) is 70.0. The fraction of sp³-hybridized carbons (Fsp3) is 0.298. The Labute approximate surface area is 878 Å². The zero-order chi connectivity index (χ0) is 107. The molecule has 10 aromatic rings. The van der Waals surface area contributed by atoms with E-state index in [1.807, 2.05) is 11.0 Å². The van der Waals surface area contributed by atoms with E-state index in [1.54, 1.807) is 84.6 Å². The van der Waals surface area contributed by atoms with Crippen LogP contribution in [0, 0.1) is 61.2 Å². The SMILES string of the molecule is CN.CN.COC(=O)c1cccc([N+](=O)[O-])c1C.COC(=O)c1cccc([N+](=O)[O-])c1CBr.Cc1c(C(=O)O)cccc1[N+](=O)[O-].Cl.Nc1cccc2c1CNC2=O.Nc1ncnc2c1ncn2[C@@H]1OC(C(=O)N2CCN(CC(=O)Nc3cccc4c3CNC4=O)CC2)[C@@H](O)[C@H]1O.O=C(CCl)Nc1cccc2c1CNC2=O.O=C(CN1CCNCC1)Nc1cccc2c1CNC2=O.O=C1NCc2c1cccc2[N+](=O)[O-].[CH2-]C.[Pd]. The summed E-state index contributed by atoms with van der Waals surface area (Å²) in [5.74, 6) is -3.80. The van der Waals surface area contributed by atoms with Crippen molar-refractivity contribution in [2.24, 2.45) is 11.5 Å². The van der Waals surface area contributed by atoms with Gasteiger partial charge in [-0.2, -0.15) is 6.92 Å². The minimum atomic E-state index is -1.46. The number of nitro benzene ring substituents is 4. The number of aliphatic hydroxyl groups excluding tert-OH is 2. The number of aromatic nitrogens is 4. The standard InChI is InChI=1S/C24H27N9O6.C14H18N4O2.C10H9ClN2O2.C9H8BrNO4.C9H9NO4.C8H6N2O3.C8H8N2O.C8H7NO4.C2H5.2CH5N.ClH.Pd/c25-20-16-21(28-10-27-20)33(11-29-16)24-18(36)17(35)19(39-24)23(38)32-6-4-31(5-7-32)9-15(34)30-14-3-1-2-12-13(14)8-26-22(12)37;19-13(9-18-6-4-15-5-7-18)17-12-3-1-2-10-11(12)8-16-14(10)20;11-4-9(14)13-8-3-1-2-6-7(8)5-12-10(6)15;1-15-9(12)6-3-2-4-8(11(13)14)7(6)5-10;1-6-7(9(11)14-2)4-3-5-8(6)10(12)13;11-8-5-2-1-3-7(10(12)13)6(5)4-9-8;9-7-3-1-2-5-6(7)4-10-8(5)11;1-5-6(8(10)11)3-2-4-7(5)9(12)13;3*1-2;;/h1-3,10-11,17-19,24,35-36H,4-9H2,(H,26,37)(H,30,34)(H2,25,27,28);1-3,15H,4-9H2,(H,16,20)(H,17,19);1-3H,4-5H2,(H,12,15)(H,13,14);2-4H,5H2,1H3;3-5H,1-2H3;1-3H,4H2,(H,9,11);1-3H,4,9H2,(H,10,11);2-4H,1H3,(H,10,11);1H2,2H3;2*2H2,1H3;1H;/q;;;;;;;;-1;;;;/t17-,18+,19?,24+;;;;;;;;;;;;/m0............/s1. The number of nitrogen functional groups attached to an aromatic ring is 2. The molecular formula is C94H108BrCl2N24O26Pd-. The Morgan fingerprint density at radius 1 is 0.507 bits per heavy atom. The van der Waals surface area contributed by atoms with Gasteiger partial charge in [-0.3, -0.25) is 98.0 Å². The van der Waals surface area contributed by atoms with Gasteiger partial charge in [0.15, 0.2) is 23.8 Å². The number of carboxylic acid groups (broad SMARTS) is 1. The van der Waals surface area contributed by atoms with E-state index in [0.29, 0.717) is 132 Å². The minimum absolute atomic E-state index is 0. The predicted octanol–water partition coefficient (Wildman–Crippen LogP) is 6.26. The number of hydrogen-bond donors (Lipinski definition) is 16. The maximum atomic E-state index is 13.2. The Hall–Kier alpha value is -15.4. The van der Waals surface area contributed by atoms with Gasteiger partial charge in [-0.25, -0.2) is 29.3 Å². The van der Waals surface area contributed by atoms with Crippen LogP contribution in [0.4, 0.5) is 51.3 Å². The molecule has 0 radical (unpaired) electrons. The zero-order valence-corrected chi connectivity index (χ0v) is 85.2. The largest absolute Gasteiger partial charge is 0.478 e. The molecule has 4 atom stereocenters. The molecule has 0 spiro atoms. The van der Waals surface area contributed by atoms with Gasteiger partial charge in [-0.15, -0.1) is 24.0 Å². The summed E-state index contributed by atoms with van der Waals surface area (Å²) < 4.78 is 16.3. The number of amides is 9. The summed E-state index contributed by atoms with van der Waals surface area (Å²) in [5, 5.41) is 97.5. The molecule has 3 saturated heterocycles. The van der Waals surface area contributed by atoms with Gasteiger partial charge in [0.25, 0.3) is 58.2 Å². The molecule has 1 unspecified atom stereocenters. The number of methoxy groups -OCH3 is 2. The average molecular weight is 2250 g/mol. The maximum Gasteiger partial charge on any atom is 0.338 e. The van der Waals surface area contributed by atoms with E-state index >= 15 is 0 Å². The number of rotatable bonds is 18. The fourth-order valence-electron chi connectivity index (χ4n) is 15.5. The number of fused-ring (bicyclic) bond motifs is 6. The van der Waals surface area contributed by atoms with Gasteiger partial charge in [0.2, 0.25) is 17.7 Å². The number of aliphatic hydroxyl groups is 2. The number of carboxylic acids is 1. The normalized spacial score (nSPS) is 15.6. The second-order valence-electron chi connectivity index (χ2n) is 31.2. The third kappa shape index (κ3) is 30.8. The summed E-state index contributed by atoms with van der Waals surface area (Å²) in [6.45, 7) is 15.7. The van der Waals surface area contributed by atoms with Crippen LogP contribution >= 0.6 is 39.9 Å². The van der Waals surface area contributed by atoms with Crippen LogP contribution in [0.25, 0.3) is 11.2 Å². The number of anilines is 5. The molecule has 8 aliphatic heterocycles. The molecular weight excluding hydrogens is 2140 g/mol. The number of nitrogens with one attached hydrogen (secondary N) is 9. The summed E-state index contributed by atoms with van der Waals surface area (Å²) in [7, 11) is 5.47. The van der Waals surface area contributed by atoms with Crippen molar-refractivity contribution in [3.63, 3.8) is 0 Å². The number of piperazine rings is 2. The van der Waals surface area contributed by atoms with Crippen molar-refractivity contribution in [2.75, 3.05) is 127 Å². The summed E-state index contributed by atoms with van der Waals surface area (Å²) in [4.78, 5) is 197. The number of aromatic carboxylic acids is 1. The summed E-state index contributed by atoms with van der Waals surface area (Å²) in [6.07, 6.45) is -2.62. The van der Waals surface area contributed by atoms with Crippen LogP contribution in [0.1, 0.15) is 141 Å². The molecule has 792 valence electrons. The Morgan fingerprint density at radius 2 is 0.878 bits per heavy atom. The number of nitro groups is 4. The molecule has 10 heterocycles. The Morgan fingerprint density at radius 3 is 1.31 bits per heavy atom. The van der Waals surface area contributed by atoms with Gasteiger partial charge in [0.05, 0.1) is 93.3 Å². The topological polar surface area (TPSA) is 731 Å². The number of halogens is 3. The monoisotopic (exact) mass is 2240 g/mol. The van der Waals surface area contributed by atoms with Crippen molar-refractivity contribution < 1.29 is 127 Å². The number of benzene rings is 8. The van der Waals surface area contributed by atoms with Crippen LogP contribution in [0.5, 0.6) is 0 Å². The molecule has 3 fully saturated rings. The number of ether oxygens (including phenoxy) is 3. The molecule has 54 heteroatoms. The van der Waals surface area contributed by atoms with Gasteiger partial charge >= 0.3 is 17.9 Å². The van der Waals surface area contributed by atoms with Crippen LogP contribution in [-0.4, -0.2) is 258 Å². The zero-order valence-electron chi connectivity index (χ0n) is 80.5. The van der Waals surface area contributed by atoms with Crippen LogP contribution < -0.4 is 70.8 Å². The third-order valence-electron chi connectivity index (χ3n) is 22.7. The van der Waals surface area contributed by atoms with Crippen LogP contribution in [-0.2, 0) is 91.9 Å². The molecule has 20 N–H and O–H groups in total. The van der Waals surface area contributed by atoms with Crippen molar-refractivity contribution in [1.82, 2.24) is 66.1 Å². The van der Waals surface area contributed by atoms with Crippen molar-refractivity contribution in [2.45, 2.75) is 83.4 Å². The summed E-state index contributed by atoms with van der Waals surface area (Å²) >= 11 is 8.50. The van der Waals surface area contributed by atoms with Crippen molar-refractivity contribution in [3.05, 3.63) is 295 Å². The smallest absolute Gasteiger partial charge is 0.338 e. The quantitative estimate of drug-likeness (QED) is 0.00856. The van der Waals surface area contributed by atoms with Gasteiger partial charge in [0, 0.05) is 207 Å². The molecule has 0 bridgehead atoms. The number of esters is 2. The Balaban J connectivity index is 0.000000267. The van der Waals surface area contributed by atoms with E-state index in [-0.39, 0.29) is 155 Å². The molecule has 148 heavy (non-hydrogen) atoms. The number of hydrogen-bond acceptors (Lipinski definition) is 35. The molecule has 8 aromatic carbocycles. The molecule has 50 nitrogen and oxygen atoms in total. The van der Waals surface area contributed by atoms with Gasteiger partial charge in [0.1, 0.15) is 29.9 Å². The van der Waals surface area contributed by atoms with Crippen molar-refractivity contribution in [3.8, 4) is 0 Å². The second-order valence-corrected chi connectivity index (χ2v) is 32.0. The van der Waals surface area contributed by atoms with Crippen LogP contribution in [0.15, 0.2) is 158 Å². The molecule has 0 aliphatic carbocycles. The first-order valence-electron chi connectivity index (χ1n) is 44.3. The Kier molecular flexibility index (Phi) is 48.0.